The van der Waals surface area contributed by atoms with Crippen molar-refractivity contribution in [2.24, 2.45) is 5.73 Å². The Morgan fingerprint density at radius 1 is 1.30 bits per heavy atom. The standard InChI is InChI=1S/C17H24FNO/c18-14-5-3-4-13(10-14)11-15(19)12-16-6-9-17(20-16)7-1-2-8-17/h3-5,10,15-16H,1-2,6-9,11-12,19H2. The molecule has 1 aromatic rings. The highest BCUT2D eigenvalue weighted by Crippen LogP contribution is 2.44. The molecule has 1 heterocycles. The Hall–Kier alpha value is -0.930. The molecule has 1 saturated heterocycles. The molecule has 110 valence electrons. The van der Waals surface area contributed by atoms with E-state index < -0.39 is 0 Å². The van der Waals surface area contributed by atoms with Gasteiger partial charge >= 0.3 is 0 Å². The fourth-order valence-corrected chi connectivity index (χ4v) is 3.84. The normalized spacial score (nSPS) is 26.2. The molecule has 1 aliphatic carbocycles. The lowest BCUT2D eigenvalue weighted by molar-refractivity contribution is -0.0407. The second-order valence-electron chi connectivity index (χ2n) is 6.50. The number of ether oxygens (including phenoxy) is 1. The third kappa shape index (κ3) is 3.21. The molecule has 2 nitrogen and oxygen atoms in total. The quantitative estimate of drug-likeness (QED) is 0.913. The first-order chi connectivity index (χ1) is 9.65. The zero-order valence-corrected chi connectivity index (χ0v) is 12.0. The van der Waals surface area contributed by atoms with Gasteiger partial charge in [0.05, 0.1) is 11.7 Å². The van der Waals surface area contributed by atoms with Crippen molar-refractivity contribution >= 4 is 0 Å². The Bertz CT molecular complexity index is 456. The molecule has 0 bridgehead atoms. The van der Waals surface area contributed by atoms with Crippen LogP contribution in [0.3, 0.4) is 0 Å². The zero-order valence-electron chi connectivity index (χ0n) is 12.0. The average molecular weight is 277 g/mol. The summed E-state index contributed by atoms with van der Waals surface area (Å²) in [5.74, 6) is -0.184. The van der Waals surface area contributed by atoms with Gasteiger partial charge in [-0.25, -0.2) is 4.39 Å². The summed E-state index contributed by atoms with van der Waals surface area (Å²) in [4.78, 5) is 0. The summed E-state index contributed by atoms with van der Waals surface area (Å²) in [5, 5.41) is 0. The van der Waals surface area contributed by atoms with Crippen molar-refractivity contribution in [2.75, 3.05) is 0 Å². The van der Waals surface area contributed by atoms with Crippen molar-refractivity contribution in [1.82, 2.24) is 0 Å². The number of benzene rings is 1. The van der Waals surface area contributed by atoms with E-state index in [0.29, 0.717) is 6.10 Å². The molecule has 1 spiro atoms. The molecular formula is C17H24FNO. The fraction of sp³-hybridized carbons (Fsp3) is 0.647. The van der Waals surface area contributed by atoms with E-state index in [9.17, 15) is 4.39 Å². The van der Waals surface area contributed by atoms with Gasteiger partial charge in [-0.05, 0) is 56.2 Å². The van der Waals surface area contributed by atoms with Crippen LogP contribution in [0.5, 0.6) is 0 Å². The van der Waals surface area contributed by atoms with Crippen molar-refractivity contribution in [3.05, 3.63) is 35.6 Å². The van der Waals surface area contributed by atoms with Gasteiger partial charge in [-0.3, -0.25) is 0 Å². The van der Waals surface area contributed by atoms with E-state index >= 15 is 0 Å². The number of rotatable bonds is 4. The Labute approximate surface area is 120 Å². The number of nitrogens with two attached hydrogens (primary N) is 1. The first-order valence-electron chi connectivity index (χ1n) is 7.83. The molecule has 1 aliphatic heterocycles. The van der Waals surface area contributed by atoms with E-state index in [-0.39, 0.29) is 17.5 Å². The fourth-order valence-electron chi connectivity index (χ4n) is 3.84. The minimum absolute atomic E-state index is 0.0540. The maximum atomic E-state index is 13.2. The summed E-state index contributed by atoms with van der Waals surface area (Å²) in [6, 6.07) is 6.79. The number of halogens is 1. The monoisotopic (exact) mass is 277 g/mol. The SMILES string of the molecule is NC(Cc1cccc(F)c1)CC1CCC2(CCCC2)O1. The Morgan fingerprint density at radius 2 is 2.10 bits per heavy atom. The third-order valence-corrected chi connectivity index (χ3v) is 4.81. The Kier molecular flexibility index (Phi) is 4.08. The molecule has 20 heavy (non-hydrogen) atoms. The Morgan fingerprint density at radius 3 is 2.85 bits per heavy atom. The predicted molar refractivity (Wildman–Crippen MR) is 78.0 cm³/mol. The second kappa shape index (κ2) is 5.82. The summed E-state index contributed by atoms with van der Waals surface area (Å²) in [6.45, 7) is 0. The molecule has 2 atom stereocenters. The molecule has 0 aromatic heterocycles. The van der Waals surface area contributed by atoms with Crippen LogP contribution in [0.2, 0.25) is 0 Å². The third-order valence-electron chi connectivity index (χ3n) is 4.81. The van der Waals surface area contributed by atoms with Gasteiger partial charge in [0.1, 0.15) is 5.82 Å². The van der Waals surface area contributed by atoms with Crippen LogP contribution < -0.4 is 5.73 Å². The second-order valence-corrected chi connectivity index (χ2v) is 6.50. The van der Waals surface area contributed by atoms with E-state index in [2.05, 4.69) is 0 Å². The van der Waals surface area contributed by atoms with E-state index in [0.717, 1.165) is 24.8 Å². The lowest BCUT2D eigenvalue weighted by Crippen LogP contribution is -2.31. The van der Waals surface area contributed by atoms with Crippen molar-refractivity contribution < 1.29 is 9.13 Å². The van der Waals surface area contributed by atoms with Crippen LogP contribution in [0.4, 0.5) is 4.39 Å². The molecule has 1 aromatic carbocycles. The highest BCUT2D eigenvalue weighted by molar-refractivity contribution is 5.17. The average Bonchev–Trinajstić information content (AvgIpc) is 3.00. The van der Waals surface area contributed by atoms with Crippen LogP contribution in [-0.4, -0.2) is 17.7 Å². The maximum absolute atomic E-state index is 13.2. The van der Waals surface area contributed by atoms with Crippen molar-refractivity contribution in [2.45, 2.75) is 69.1 Å². The van der Waals surface area contributed by atoms with Crippen molar-refractivity contribution in [3.63, 3.8) is 0 Å². The molecule has 1 saturated carbocycles. The molecular weight excluding hydrogens is 253 g/mol. The minimum atomic E-state index is -0.184. The summed E-state index contributed by atoms with van der Waals surface area (Å²) < 4.78 is 19.4. The molecule has 3 heteroatoms. The van der Waals surface area contributed by atoms with Gasteiger partial charge in [0, 0.05) is 6.04 Å². The molecule has 2 aliphatic rings. The first kappa shape index (κ1) is 14.0. The summed E-state index contributed by atoms with van der Waals surface area (Å²) in [7, 11) is 0. The van der Waals surface area contributed by atoms with Gasteiger partial charge in [0.25, 0.3) is 0 Å². The van der Waals surface area contributed by atoms with Gasteiger partial charge in [0.15, 0.2) is 0 Å². The van der Waals surface area contributed by atoms with E-state index in [1.165, 1.54) is 38.2 Å². The van der Waals surface area contributed by atoms with Crippen molar-refractivity contribution in [3.8, 4) is 0 Å². The van der Waals surface area contributed by atoms with E-state index in [4.69, 9.17) is 10.5 Å². The lowest BCUT2D eigenvalue weighted by Gasteiger charge is -2.25. The predicted octanol–water partition coefficient (Wildman–Crippen LogP) is 3.58. The molecule has 0 amide bonds. The van der Waals surface area contributed by atoms with Crippen LogP contribution in [0, 0.1) is 5.82 Å². The van der Waals surface area contributed by atoms with Gasteiger partial charge in [-0.1, -0.05) is 25.0 Å². The number of hydrogen-bond acceptors (Lipinski definition) is 2. The smallest absolute Gasteiger partial charge is 0.123 e. The molecule has 2 N–H and O–H groups in total. The van der Waals surface area contributed by atoms with Crippen molar-refractivity contribution in [1.29, 1.82) is 0 Å². The van der Waals surface area contributed by atoms with Gasteiger partial charge in [-0.2, -0.15) is 0 Å². The van der Waals surface area contributed by atoms with Gasteiger partial charge < -0.3 is 10.5 Å². The molecule has 0 radical (unpaired) electrons. The summed E-state index contributed by atoms with van der Waals surface area (Å²) in [5.41, 5.74) is 7.38. The van der Waals surface area contributed by atoms with Crippen LogP contribution in [0.1, 0.15) is 50.5 Å². The zero-order chi connectivity index (χ0) is 14.0. The molecule has 2 fully saturated rings. The molecule has 3 rings (SSSR count). The van der Waals surface area contributed by atoms with Gasteiger partial charge in [-0.15, -0.1) is 0 Å². The van der Waals surface area contributed by atoms with Crippen LogP contribution in [0.15, 0.2) is 24.3 Å². The maximum Gasteiger partial charge on any atom is 0.123 e. The minimum Gasteiger partial charge on any atom is -0.372 e. The largest absolute Gasteiger partial charge is 0.372 e. The lowest BCUT2D eigenvalue weighted by atomic mass is 9.96. The van der Waals surface area contributed by atoms with Gasteiger partial charge in [0.2, 0.25) is 0 Å². The highest BCUT2D eigenvalue weighted by atomic mass is 19.1. The van der Waals surface area contributed by atoms with Crippen LogP contribution >= 0.6 is 0 Å². The highest BCUT2D eigenvalue weighted by Gasteiger charge is 2.42. The number of hydrogen-bond donors (Lipinski definition) is 1. The van der Waals surface area contributed by atoms with E-state index in [1.54, 1.807) is 12.1 Å². The van der Waals surface area contributed by atoms with E-state index in [1.807, 2.05) is 6.07 Å². The molecule has 2 unspecified atom stereocenters. The summed E-state index contributed by atoms with van der Waals surface area (Å²) in [6.07, 6.45) is 9.32. The first-order valence-corrected chi connectivity index (χ1v) is 7.83. The Balaban J connectivity index is 1.51. The van der Waals surface area contributed by atoms with Crippen LogP contribution in [-0.2, 0) is 11.2 Å². The summed E-state index contributed by atoms with van der Waals surface area (Å²) >= 11 is 0. The topological polar surface area (TPSA) is 35.2 Å². The van der Waals surface area contributed by atoms with Crippen LogP contribution in [0.25, 0.3) is 0 Å².